The first-order chi connectivity index (χ1) is 10.6. The van der Waals surface area contributed by atoms with Gasteiger partial charge >= 0.3 is 0 Å². The molecule has 0 aliphatic heterocycles. The van der Waals surface area contributed by atoms with Crippen molar-refractivity contribution >= 4 is 23.0 Å². The number of non-ortho nitro benzene ring substituents is 1. The minimum absolute atomic E-state index is 0.00829. The number of benzene rings is 2. The van der Waals surface area contributed by atoms with E-state index >= 15 is 0 Å². The zero-order valence-corrected chi connectivity index (χ0v) is 12.4. The summed E-state index contributed by atoms with van der Waals surface area (Å²) in [6.07, 6.45) is 0. The lowest BCUT2D eigenvalue weighted by Gasteiger charge is -2.09. The van der Waals surface area contributed by atoms with Crippen LogP contribution in [0.2, 0.25) is 5.02 Å². The molecular weight excluding hydrogens is 308 g/mol. The van der Waals surface area contributed by atoms with Gasteiger partial charge in [0.15, 0.2) is 0 Å². The minimum Gasteiger partial charge on any atom is -0.491 e. The summed E-state index contributed by atoms with van der Waals surface area (Å²) in [7, 11) is 0. The summed E-state index contributed by atoms with van der Waals surface area (Å²) in [5.41, 5.74) is 1.49. The van der Waals surface area contributed by atoms with Crippen LogP contribution in [0, 0.1) is 10.1 Å². The van der Waals surface area contributed by atoms with Crippen LogP contribution in [0.15, 0.2) is 42.5 Å². The fourth-order valence-electron chi connectivity index (χ4n) is 1.84. The summed E-state index contributed by atoms with van der Waals surface area (Å²) in [6.45, 7) is 0.582. The third-order valence-electron chi connectivity index (χ3n) is 2.94. The van der Waals surface area contributed by atoms with E-state index in [0.29, 0.717) is 22.9 Å². The van der Waals surface area contributed by atoms with Crippen molar-refractivity contribution in [1.82, 2.24) is 0 Å². The molecule has 0 saturated heterocycles. The zero-order valence-electron chi connectivity index (χ0n) is 11.7. The molecule has 6 nitrogen and oxygen atoms in total. The lowest BCUT2D eigenvalue weighted by Crippen LogP contribution is -2.03. The van der Waals surface area contributed by atoms with Crippen LogP contribution in [-0.2, 0) is 6.54 Å². The minimum atomic E-state index is -0.451. The SMILES string of the molecule is O=[N+]([O-])c1ccc(Cl)c(CNc2ccc(OCCO)cc2)c1. The van der Waals surface area contributed by atoms with Crippen molar-refractivity contribution in [2.24, 2.45) is 0 Å². The molecule has 7 heteroatoms. The standard InChI is InChI=1S/C15H15ClN2O4/c16-15-6-3-13(18(20)21)9-11(15)10-17-12-1-4-14(5-2-12)22-8-7-19/h1-6,9,17,19H,7-8,10H2. The van der Waals surface area contributed by atoms with Crippen molar-refractivity contribution in [2.45, 2.75) is 6.54 Å². The van der Waals surface area contributed by atoms with Gasteiger partial charge in [0.25, 0.3) is 5.69 Å². The van der Waals surface area contributed by atoms with Crippen LogP contribution in [0.1, 0.15) is 5.56 Å². The number of rotatable bonds is 7. The number of nitro benzene ring substituents is 1. The van der Waals surface area contributed by atoms with Gasteiger partial charge in [-0.15, -0.1) is 0 Å². The van der Waals surface area contributed by atoms with Crippen molar-refractivity contribution in [3.05, 3.63) is 63.2 Å². The molecule has 22 heavy (non-hydrogen) atoms. The number of ether oxygens (including phenoxy) is 1. The Balaban J connectivity index is 2.00. The molecule has 2 rings (SSSR count). The van der Waals surface area contributed by atoms with Gasteiger partial charge in [0, 0.05) is 29.4 Å². The van der Waals surface area contributed by atoms with E-state index in [1.807, 2.05) is 12.1 Å². The number of nitrogens with zero attached hydrogens (tertiary/aromatic N) is 1. The van der Waals surface area contributed by atoms with Crippen LogP contribution in [0.25, 0.3) is 0 Å². The maximum absolute atomic E-state index is 10.8. The van der Waals surface area contributed by atoms with E-state index in [-0.39, 0.29) is 18.9 Å². The van der Waals surface area contributed by atoms with E-state index in [0.717, 1.165) is 5.69 Å². The van der Waals surface area contributed by atoms with Gasteiger partial charge in [-0.2, -0.15) is 0 Å². The molecular formula is C15H15ClN2O4. The van der Waals surface area contributed by atoms with Crippen LogP contribution in [0.3, 0.4) is 0 Å². The molecule has 0 amide bonds. The average Bonchev–Trinajstić information content (AvgIpc) is 2.53. The normalized spacial score (nSPS) is 10.3. The molecule has 0 aromatic heterocycles. The van der Waals surface area contributed by atoms with E-state index in [1.165, 1.54) is 18.2 Å². The maximum Gasteiger partial charge on any atom is 0.269 e. The second-order valence-corrected chi connectivity index (χ2v) is 4.89. The second kappa shape index (κ2) is 7.63. The molecule has 0 aliphatic carbocycles. The number of nitrogens with one attached hydrogen (secondary N) is 1. The van der Waals surface area contributed by atoms with Crippen molar-refractivity contribution < 1.29 is 14.8 Å². The number of hydrogen-bond acceptors (Lipinski definition) is 5. The van der Waals surface area contributed by atoms with Crippen LogP contribution < -0.4 is 10.1 Å². The van der Waals surface area contributed by atoms with Gasteiger partial charge in [0.1, 0.15) is 12.4 Å². The number of nitro groups is 1. The van der Waals surface area contributed by atoms with E-state index in [9.17, 15) is 10.1 Å². The van der Waals surface area contributed by atoms with Gasteiger partial charge in [-0.1, -0.05) is 11.6 Å². The van der Waals surface area contributed by atoms with Gasteiger partial charge in [-0.05, 0) is 35.9 Å². The molecule has 0 atom stereocenters. The molecule has 2 N–H and O–H groups in total. The average molecular weight is 323 g/mol. The Morgan fingerprint density at radius 3 is 2.59 bits per heavy atom. The van der Waals surface area contributed by atoms with E-state index in [2.05, 4.69) is 5.32 Å². The van der Waals surface area contributed by atoms with E-state index in [1.54, 1.807) is 12.1 Å². The molecule has 0 saturated carbocycles. The largest absolute Gasteiger partial charge is 0.491 e. The summed E-state index contributed by atoms with van der Waals surface area (Å²) in [6, 6.07) is 11.5. The maximum atomic E-state index is 10.8. The summed E-state index contributed by atoms with van der Waals surface area (Å²) in [5.74, 6) is 0.660. The highest BCUT2D eigenvalue weighted by molar-refractivity contribution is 6.31. The summed E-state index contributed by atoms with van der Waals surface area (Å²) >= 11 is 6.04. The molecule has 0 heterocycles. The quantitative estimate of drug-likeness (QED) is 0.604. The zero-order chi connectivity index (χ0) is 15.9. The van der Waals surface area contributed by atoms with E-state index < -0.39 is 4.92 Å². The number of anilines is 1. The van der Waals surface area contributed by atoms with Crippen LogP contribution >= 0.6 is 11.6 Å². The summed E-state index contributed by atoms with van der Waals surface area (Å²) in [4.78, 5) is 10.3. The van der Waals surface area contributed by atoms with Crippen molar-refractivity contribution in [2.75, 3.05) is 18.5 Å². The van der Waals surface area contributed by atoms with Gasteiger partial charge in [0.2, 0.25) is 0 Å². The Morgan fingerprint density at radius 1 is 1.23 bits per heavy atom. The molecule has 0 aliphatic rings. The topological polar surface area (TPSA) is 84.6 Å². The third kappa shape index (κ3) is 4.34. The fraction of sp³-hybridized carbons (Fsp3) is 0.200. The molecule has 116 valence electrons. The molecule has 0 bridgehead atoms. The summed E-state index contributed by atoms with van der Waals surface area (Å²) in [5, 5.41) is 23.1. The predicted octanol–water partition coefficient (Wildman–Crippen LogP) is 3.23. The highest BCUT2D eigenvalue weighted by Gasteiger charge is 2.09. The molecule has 0 unspecified atom stereocenters. The number of halogens is 1. The molecule has 2 aromatic carbocycles. The second-order valence-electron chi connectivity index (χ2n) is 4.48. The van der Waals surface area contributed by atoms with Gasteiger partial charge in [0.05, 0.1) is 11.5 Å². The highest BCUT2D eigenvalue weighted by atomic mass is 35.5. The van der Waals surface area contributed by atoms with E-state index in [4.69, 9.17) is 21.4 Å². The number of aliphatic hydroxyl groups excluding tert-OH is 1. The van der Waals surface area contributed by atoms with Crippen LogP contribution in [-0.4, -0.2) is 23.2 Å². The molecule has 0 fully saturated rings. The van der Waals surface area contributed by atoms with Crippen LogP contribution in [0.4, 0.5) is 11.4 Å². The predicted molar refractivity (Wildman–Crippen MR) is 84.5 cm³/mol. The smallest absolute Gasteiger partial charge is 0.269 e. The first-order valence-electron chi connectivity index (χ1n) is 6.60. The van der Waals surface area contributed by atoms with Crippen molar-refractivity contribution in [3.8, 4) is 5.75 Å². The van der Waals surface area contributed by atoms with Gasteiger partial charge < -0.3 is 15.2 Å². The first kappa shape index (κ1) is 16.1. The number of aliphatic hydroxyl groups is 1. The van der Waals surface area contributed by atoms with Crippen molar-refractivity contribution in [1.29, 1.82) is 0 Å². The first-order valence-corrected chi connectivity index (χ1v) is 6.98. The molecule has 0 spiro atoms. The monoisotopic (exact) mass is 322 g/mol. The Labute approximate surface area is 132 Å². The fourth-order valence-corrected chi connectivity index (χ4v) is 2.02. The molecule has 2 aromatic rings. The Morgan fingerprint density at radius 2 is 1.95 bits per heavy atom. The highest BCUT2D eigenvalue weighted by Crippen LogP contribution is 2.23. The Hall–Kier alpha value is -2.31. The van der Waals surface area contributed by atoms with Gasteiger partial charge in [-0.3, -0.25) is 10.1 Å². The summed E-state index contributed by atoms with van der Waals surface area (Å²) < 4.78 is 5.26. The third-order valence-corrected chi connectivity index (χ3v) is 3.31. The lowest BCUT2D eigenvalue weighted by atomic mass is 10.2. The lowest BCUT2D eigenvalue weighted by molar-refractivity contribution is -0.384. The van der Waals surface area contributed by atoms with Crippen LogP contribution in [0.5, 0.6) is 5.75 Å². The van der Waals surface area contributed by atoms with Crippen molar-refractivity contribution in [3.63, 3.8) is 0 Å². The molecule has 0 radical (unpaired) electrons. The Kier molecular flexibility index (Phi) is 5.57. The van der Waals surface area contributed by atoms with Gasteiger partial charge in [-0.25, -0.2) is 0 Å². The Bertz CT molecular complexity index is 646. The number of hydrogen-bond donors (Lipinski definition) is 2.